The molecule has 0 saturated carbocycles. The minimum Gasteiger partial charge on any atom is -0.477 e. The molecule has 196 valence electrons. The van der Waals surface area contributed by atoms with Gasteiger partial charge in [-0.2, -0.15) is 5.26 Å². The van der Waals surface area contributed by atoms with E-state index in [0.29, 0.717) is 24.0 Å². The summed E-state index contributed by atoms with van der Waals surface area (Å²) in [4.78, 5) is 5.85. The van der Waals surface area contributed by atoms with Gasteiger partial charge in [-0.3, -0.25) is 0 Å². The van der Waals surface area contributed by atoms with E-state index in [9.17, 15) is 5.26 Å². The zero-order chi connectivity index (χ0) is 26.6. The van der Waals surface area contributed by atoms with Crippen molar-refractivity contribution in [2.24, 2.45) is 16.6 Å². The monoisotopic (exact) mass is 517 g/mol. The smallest absolute Gasteiger partial charge is 0.213 e. The van der Waals surface area contributed by atoms with E-state index in [1.54, 1.807) is 12.2 Å². The third kappa shape index (κ3) is 8.33. The molecule has 2 heterocycles. The number of nitriles is 1. The van der Waals surface area contributed by atoms with Gasteiger partial charge in [-0.25, -0.2) is 4.99 Å². The number of benzene rings is 1. The lowest BCUT2D eigenvalue weighted by molar-refractivity contribution is -0.0613. The van der Waals surface area contributed by atoms with E-state index in [2.05, 4.69) is 37.2 Å². The Morgan fingerprint density at radius 3 is 2.68 bits per heavy atom. The molecular formula is C31H39N3O2S. The normalized spacial score (nSPS) is 19.6. The number of thioether (sulfide) groups is 1. The van der Waals surface area contributed by atoms with Crippen LogP contribution in [0.3, 0.4) is 0 Å². The topological polar surface area (TPSA) is 80.6 Å². The van der Waals surface area contributed by atoms with Crippen molar-refractivity contribution in [1.29, 1.82) is 5.26 Å². The zero-order valence-corrected chi connectivity index (χ0v) is 22.9. The number of hydrogen-bond donors (Lipinski definition) is 1. The number of nitrogens with zero attached hydrogens (tertiary/aromatic N) is 2. The van der Waals surface area contributed by atoms with E-state index in [0.717, 1.165) is 56.5 Å². The van der Waals surface area contributed by atoms with Gasteiger partial charge in [0.1, 0.15) is 0 Å². The number of hydrogen-bond acceptors (Lipinski definition) is 6. The van der Waals surface area contributed by atoms with E-state index >= 15 is 0 Å². The second-order valence-corrected chi connectivity index (χ2v) is 10.7. The van der Waals surface area contributed by atoms with Gasteiger partial charge in [-0.05, 0) is 62.0 Å². The lowest BCUT2D eigenvalue weighted by Gasteiger charge is -2.25. The third-order valence-corrected chi connectivity index (χ3v) is 8.08. The Kier molecular flexibility index (Phi) is 11.5. The molecule has 0 amide bonds. The van der Waals surface area contributed by atoms with Crippen LogP contribution in [0.15, 0.2) is 82.6 Å². The van der Waals surface area contributed by atoms with Gasteiger partial charge in [0.15, 0.2) is 0 Å². The highest BCUT2D eigenvalue weighted by Gasteiger charge is 2.29. The number of ether oxygens (including phenoxy) is 2. The van der Waals surface area contributed by atoms with Crippen LogP contribution in [-0.4, -0.2) is 37.3 Å². The Balaban J connectivity index is 1.82. The molecule has 3 rings (SSSR count). The van der Waals surface area contributed by atoms with Gasteiger partial charge in [0.05, 0.1) is 31.5 Å². The molecule has 2 N–H and O–H groups in total. The Hall–Kier alpha value is -2.85. The molecule has 0 aromatic heterocycles. The van der Waals surface area contributed by atoms with Crippen molar-refractivity contribution >= 4 is 23.5 Å². The first-order valence-corrected chi connectivity index (χ1v) is 13.9. The highest BCUT2D eigenvalue weighted by atomic mass is 32.2. The summed E-state index contributed by atoms with van der Waals surface area (Å²) in [6, 6.07) is 10.3. The standard InChI is InChI=1S/C31H39N3O2S/c1-5-8-27(33)15-10-22(4)29-16-28(26-13-11-23(17-32)12-14-26)31(37-29)25(7-3)18-34-30(9-6-2)36-21-24-19-35-20-24/h6-7,9,11-14,18,24,27,29H,2,4-5,8,10,15-16,19-21,33H2,1,3H3/b25-7+,30-9-,34-18+. The average Bonchev–Trinajstić information content (AvgIpc) is 3.32. The molecule has 0 bridgehead atoms. The van der Waals surface area contributed by atoms with Crippen molar-refractivity contribution in [3.8, 4) is 6.07 Å². The molecule has 2 unspecified atom stereocenters. The van der Waals surface area contributed by atoms with E-state index in [4.69, 9.17) is 15.2 Å². The maximum atomic E-state index is 9.25. The first kappa shape index (κ1) is 28.7. The predicted octanol–water partition coefficient (Wildman–Crippen LogP) is 6.95. The number of nitrogens with two attached hydrogens (primary N) is 1. The van der Waals surface area contributed by atoms with Gasteiger partial charge in [0.2, 0.25) is 5.88 Å². The zero-order valence-electron chi connectivity index (χ0n) is 22.1. The first-order chi connectivity index (χ1) is 18.0. The molecule has 6 heteroatoms. The molecular weight excluding hydrogens is 478 g/mol. The van der Waals surface area contributed by atoms with Crippen LogP contribution in [0.2, 0.25) is 0 Å². The first-order valence-electron chi connectivity index (χ1n) is 13.1. The molecule has 0 spiro atoms. The summed E-state index contributed by atoms with van der Waals surface area (Å²) in [7, 11) is 0. The molecule has 5 nitrogen and oxygen atoms in total. The SMILES string of the molecule is C=C/C=C(/N=C/C(=C\C)C1=C(c2ccc(C#N)cc2)CC(C(=C)CCC(N)CCC)S1)OCC1COC1. The quantitative estimate of drug-likeness (QED) is 0.125. The summed E-state index contributed by atoms with van der Waals surface area (Å²) in [6.45, 7) is 14.5. The van der Waals surface area contributed by atoms with E-state index in [-0.39, 0.29) is 11.3 Å². The van der Waals surface area contributed by atoms with Gasteiger partial charge in [0.25, 0.3) is 0 Å². The molecule has 1 saturated heterocycles. The minimum absolute atomic E-state index is 0.221. The Morgan fingerprint density at radius 1 is 1.32 bits per heavy atom. The Morgan fingerprint density at radius 2 is 2.08 bits per heavy atom. The van der Waals surface area contributed by atoms with E-state index in [1.807, 2.05) is 49.2 Å². The summed E-state index contributed by atoms with van der Waals surface area (Å²) >= 11 is 1.84. The maximum Gasteiger partial charge on any atom is 0.213 e. The van der Waals surface area contributed by atoms with Gasteiger partial charge in [-0.15, -0.1) is 11.8 Å². The number of aliphatic imine (C=N–C) groups is 1. The molecule has 0 aliphatic carbocycles. The van der Waals surface area contributed by atoms with E-state index < -0.39 is 0 Å². The van der Waals surface area contributed by atoms with Crippen LogP contribution >= 0.6 is 11.8 Å². The lowest BCUT2D eigenvalue weighted by atomic mass is 9.94. The Bertz CT molecular complexity index is 1100. The van der Waals surface area contributed by atoms with Crippen LogP contribution in [0.1, 0.15) is 57.1 Å². The summed E-state index contributed by atoms with van der Waals surface area (Å²) in [5.74, 6) is 0.952. The van der Waals surface area contributed by atoms with Crippen LogP contribution in [0.5, 0.6) is 0 Å². The maximum absolute atomic E-state index is 9.25. The highest BCUT2D eigenvalue weighted by molar-refractivity contribution is 8.04. The van der Waals surface area contributed by atoms with Crippen LogP contribution in [0.25, 0.3) is 5.57 Å². The van der Waals surface area contributed by atoms with Crippen molar-refractivity contribution in [2.45, 2.75) is 57.2 Å². The third-order valence-electron chi connectivity index (χ3n) is 6.58. The van der Waals surface area contributed by atoms with Gasteiger partial charge < -0.3 is 15.2 Å². The van der Waals surface area contributed by atoms with Crippen molar-refractivity contribution in [1.82, 2.24) is 0 Å². The predicted molar refractivity (Wildman–Crippen MR) is 156 cm³/mol. The van der Waals surface area contributed by atoms with Gasteiger partial charge in [-0.1, -0.05) is 56.4 Å². The van der Waals surface area contributed by atoms with Crippen LogP contribution in [-0.2, 0) is 9.47 Å². The largest absolute Gasteiger partial charge is 0.477 e. The van der Waals surface area contributed by atoms with E-state index in [1.165, 1.54) is 16.1 Å². The highest BCUT2D eigenvalue weighted by Crippen LogP contribution is 2.48. The second kappa shape index (κ2) is 14.8. The van der Waals surface area contributed by atoms with Gasteiger partial charge >= 0.3 is 0 Å². The summed E-state index contributed by atoms with van der Waals surface area (Å²) in [5.41, 5.74) is 11.6. The van der Waals surface area contributed by atoms with Gasteiger partial charge in [0, 0.05) is 33.9 Å². The summed E-state index contributed by atoms with van der Waals surface area (Å²) < 4.78 is 11.2. The van der Waals surface area contributed by atoms with Crippen molar-refractivity contribution in [3.63, 3.8) is 0 Å². The van der Waals surface area contributed by atoms with Crippen LogP contribution in [0.4, 0.5) is 0 Å². The van der Waals surface area contributed by atoms with Crippen LogP contribution < -0.4 is 5.73 Å². The van der Waals surface area contributed by atoms with Crippen molar-refractivity contribution in [3.05, 3.63) is 88.7 Å². The molecule has 1 aromatic rings. The number of rotatable bonds is 14. The molecule has 37 heavy (non-hydrogen) atoms. The molecule has 2 aliphatic heterocycles. The fraction of sp³-hybridized carbons (Fsp3) is 0.419. The fourth-order valence-corrected chi connectivity index (χ4v) is 5.72. The molecule has 2 atom stereocenters. The molecule has 2 aliphatic rings. The molecule has 0 radical (unpaired) electrons. The van der Waals surface area contributed by atoms with Crippen molar-refractivity contribution in [2.75, 3.05) is 19.8 Å². The summed E-state index contributed by atoms with van der Waals surface area (Å²) in [6.07, 6.45) is 12.3. The lowest BCUT2D eigenvalue weighted by Crippen LogP contribution is -2.31. The minimum atomic E-state index is 0.221. The average molecular weight is 518 g/mol. The van der Waals surface area contributed by atoms with Crippen LogP contribution in [0, 0.1) is 17.2 Å². The molecule has 1 aromatic carbocycles. The fourth-order valence-electron chi connectivity index (χ4n) is 4.26. The number of allylic oxidation sites excluding steroid dienone is 5. The van der Waals surface area contributed by atoms with Crippen molar-refractivity contribution < 1.29 is 9.47 Å². The summed E-state index contributed by atoms with van der Waals surface area (Å²) in [5, 5.41) is 9.52. The molecule has 1 fully saturated rings. The Labute approximate surface area is 226 Å². The second-order valence-electron chi connectivity index (χ2n) is 9.51.